The Kier molecular flexibility index (Phi) is 39.2. The molecule has 0 amide bonds. The van der Waals surface area contributed by atoms with E-state index in [4.69, 9.17) is 24.3 Å². The Hall–Kier alpha value is -2.55. The third-order valence-electron chi connectivity index (χ3n) is 8.56. The molecule has 0 saturated heterocycles. The topological polar surface area (TPSA) is 134 Å². The zero-order valence-corrected chi connectivity index (χ0v) is 35.5. The van der Waals surface area contributed by atoms with Gasteiger partial charge in [-0.1, -0.05) is 145 Å². The van der Waals surface area contributed by atoms with Crippen molar-refractivity contribution < 1.29 is 37.6 Å². The Morgan fingerprint density at radius 1 is 0.545 bits per heavy atom. The monoisotopic (exact) mass is 792 g/mol. The van der Waals surface area contributed by atoms with E-state index in [2.05, 4.69) is 80.7 Å². The van der Waals surface area contributed by atoms with Gasteiger partial charge in [0.2, 0.25) is 0 Å². The number of carbonyl (C=O) groups excluding carboxylic acids is 2. The first kappa shape index (κ1) is 52.5. The van der Waals surface area contributed by atoms with E-state index in [1.54, 1.807) is 0 Å². The second-order valence-corrected chi connectivity index (χ2v) is 15.3. The lowest BCUT2D eigenvalue weighted by molar-refractivity contribution is -0.161. The summed E-state index contributed by atoms with van der Waals surface area (Å²) < 4.78 is 32.7. The fourth-order valence-corrected chi connectivity index (χ4v) is 6.13. The van der Waals surface area contributed by atoms with Crippen molar-refractivity contribution in [2.45, 2.75) is 174 Å². The van der Waals surface area contributed by atoms with E-state index in [-0.39, 0.29) is 32.6 Å². The van der Waals surface area contributed by atoms with Crippen LogP contribution in [-0.2, 0) is 32.7 Å². The highest BCUT2D eigenvalue weighted by Gasteiger charge is 2.25. The maximum Gasteiger partial charge on any atom is 0.472 e. The van der Waals surface area contributed by atoms with Crippen molar-refractivity contribution in [3.05, 3.63) is 72.9 Å². The number of phosphoric ester groups is 1. The van der Waals surface area contributed by atoms with Crippen molar-refractivity contribution in [2.75, 3.05) is 26.4 Å². The number of unbranched alkanes of at least 4 members (excludes halogenated alkanes) is 14. The van der Waals surface area contributed by atoms with Crippen LogP contribution in [0, 0.1) is 0 Å². The summed E-state index contributed by atoms with van der Waals surface area (Å²) in [5, 5.41) is 0. The molecule has 0 heterocycles. The zero-order valence-electron chi connectivity index (χ0n) is 34.6. The van der Waals surface area contributed by atoms with Crippen LogP contribution in [0.1, 0.15) is 168 Å². The maximum atomic E-state index is 12.6. The standard InChI is InChI=1S/C45H78NO8P/c1-3-5-7-9-11-13-15-17-19-21-23-25-27-29-31-33-35-37-44(47)51-41-43(42-53-55(49,50)52-40-39-46)54-45(48)38-36-34-32-30-28-26-24-22-20-18-16-14-12-10-8-6-4-2/h11,13,17-20,23-26,30,32,43H,3-10,12,14-16,21-22,27-29,31,33-42,46H2,1-2H3,(H,49,50)/b13-11-,19-17-,20-18-,25-23-,26-24-,32-30-/t43-/m1/s1. The molecule has 0 radical (unpaired) electrons. The van der Waals surface area contributed by atoms with E-state index in [1.165, 1.54) is 64.2 Å². The van der Waals surface area contributed by atoms with Gasteiger partial charge in [0, 0.05) is 19.4 Å². The van der Waals surface area contributed by atoms with Gasteiger partial charge >= 0.3 is 19.8 Å². The molecule has 9 nitrogen and oxygen atoms in total. The van der Waals surface area contributed by atoms with Crippen molar-refractivity contribution in [3.8, 4) is 0 Å². The predicted octanol–water partition coefficient (Wildman–Crippen LogP) is 12.3. The molecule has 0 aromatic rings. The van der Waals surface area contributed by atoms with Crippen LogP contribution in [0.3, 0.4) is 0 Å². The summed E-state index contributed by atoms with van der Waals surface area (Å²) >= 11 is 0. The molecule has 0 fully saturated rings. The highest BCUT2D eigenvalue weighted by Crippen LogP contribution is 2.43. The largest absolute Gasteiger partial charge is 0.472 e. The summed E-state index contributed by atoms with van der Waals surface area (Å²) in [6, 6.07) is 0. The average Bonchev–Trinajstić information content (AvgIpc) is 3.17. The molecule has 0 saturated carbocycles. The van der Waals surface area contributed by atoms with Gasteiger partial charge in [0.15, 0.2) is 6.10 Å². The molecular weight excluding hydrogens is 713 g/mol. The van der Waals surface area contributed by atoms with Gasteiger partial charge in [-0.05, 0) is 83.5 Å². The van der Waals surface area contributed by atoms with Gasteiger partial charge in [-0.2, -0.15) is 0 Å². The van der Waals surface area contributed by atoms with Crippen LogP contribution in [0.4, 0.5) is 0 Å². The molecule has 3 N–H and O–H groups in total. The molecular formula is C45H78NO8P. The summed E-state index contributed by atoms with van der Waals surface area (Å²) in [4.78, 5) is 34.8. The minimum absolute atomic E-state index is 0.0389. The van der Waals surface area contributed by atoms with Crippen LogP contribution in [0.2, 0.25) is 0 Å². The van der Waals surface area contributed by atoms with Crippen molar-refractivity contribution in [1.29, 1.82) is 0 Å². The SMILES string of the molecule is CCCCC/C=C\C/C=C\C/C=C\CCCCCCC(=O)OC[C@H](COP(=O)(O)OCCN)OC(=O)CCC/C=C\C/C=C\C/C=C\CCCCCCCC. The lowest BCUT2D eigenvalue weighted by Gasteiger charge is -2.19. The highest BCUT2D eigenvalue weighted by molar-refractivity contribution is 7.47. The molecule has 0 aromatic heterocycles. The van der Waals surface area contributed by atoms with Gasteiger partial charge in [0.1, 0.15) is 6.61 Å². The summed E-state index contributed by atoms with van der Waals surface area (Å²) in [6.07, 6.45) is 49.4. The van der Waals surface area contributed by atoms with Gasteiger partial charge < -0.3 is 20.1 Å². The van der Waals surface area contributed by atoms with Gasteiger partial charge in [-0.25, -0.2) is 4.57 Å². The Morgan fingerprint density at radius 2 is 0.964 bits per heavy atom. The number of nitrogens with two attached hydrogens (primary N) is 1. The first-order chi connectivity index (χ1) is 26.8. The molecule has 0 aliphatic rings. The summed E-state index contributed by atoms with van der Waals surface area (Å²) in [5.74, 6) is -0.921. The first-order valence-electron chi connectivity index (χ1n) is 21.4. The highest BCUT2D eigenvalue weighted by atomic mass is 31.2. The fraction of sp³-hybridized carbons (Fsp3) is 0.689. The van der Waals surface area contributed by atoms with E-state index in [0.29, 0.717) is 19.3 Å². The summed E-state index contributed by atoms with van der Waals surface area (Å²) in [7, 11) is -4.40. The van der Waals surface area contributed by atoms with Crippen LogP contribution in [-0.4, -0.2) is 49.3 Å². The van der Waals surface area contributed by atoms with Crippen molar-refractivity contribution in [1.82, 2.24) is 0 Å². The molecule has 316 valence electrons. The smallest absolute Gasteiger partial charge is 0.462 e. The molecule has 0 aliphatic heterocycles. The van der Waals surface area contributed by atoms with Gasteiger partial charge in [0.25, 0.3) is 0 Å². The number of ether oxygens (including phenoxy) is 2. The molecule has 2 atom stereocenters. The molecule has 55 heavy (non-hydrogen) atoms. The lowest BCUT2D eigenvalue weighted by Crippen LogP contribution is -2.29. The minimum Gasteiger partial charge on any atom is -0.462 e. The van der Waals surface area contributed by atoms with E-state index in [0.717, 1.165) is 57.8 Å². The Balaban J connectivity index is 4.31. The van der Waals surface area contributed by atoms with Crippen LogP contribution in [0.25, 0.3) is 0 Å². The number of phosphoric acid groups is 1. The first-order valence-corrected chi connectivity index (χ1v) is 22.9. The summed E-state index contributed by atoms with van der Waals surface area (Å²) in [6.45, 7) is 3.60. The number of hydrogen-bond acceptors (Lipinski definition) is 8. The zero-order chi connectivity index (χ0) is 40.3. The molecule has 0 bridgehead atoms. The predicted molar refractivity (Wildman–Crippen MR) is 229 cm³/mol. The van der Waals surface area contributed by atoms with Crippen LogP contribution in [0.5, 0.6) is 0 Å². The fourth-order valence-electron chi connectivity index (χ4n) is 5.36. The second kappa shape index (κ2) is 41.1. The molecule has 0 rings (SSSR count). The maximum absolute atomic E-state index is 12.6. The number of rotatable bonds is 39. The number of hydrogen-bond donors (Lipinski definition) is 2. The van der Waals surface area contributed by atoms with Gasteiger partial charge in [-0.15, -0.1) is 0 Å². The van der Waals surface area contributed by atoms with Crippen LogP contribution >= 0.6 is 7.82 Å². The third kappa shape index (κ3) is 40.9. The van der Waals surface area contributed by atoms with Crippen molar-refractivity contribution in [2.24, 2.45) is 5.73 Å². The van der Waals surface area contributed by atoms with Crippen molar-refractivity contribution >= 4 is 19.8 Å². The van der Waals surface area contributed by atoms with Gasteiger partial charge in [0.05, 0.1) is 13.2 Å². The van der Waals surface area contributed by atoms with E-state index in [9.17, 15) is 19.0 Å². The van der Waals surface area contributed by atoms with Gasteiger partial charge in [-0.3, -0.25) is 18.6 Å². The van der Waals surface area contributed by atoms with Crippen LogP contribution < -0.4 is 5.73 Å². The molecule has 0 aromatic carbocycles. The Morgan fingerprint density at radius 3 is 1.49 bits per heavy atom. The molecule has 1 unspecified atom stereocenters. The molecule has 0 spiro atoms. The normalized spacial score (nSPS) is 14.0. The molecule has 0 aliphatic carbocycles. The van der Waals surface area contributed by atoms with E-state index >= 15 is 0 Å². The quantitative estimate of drug-likeness (QED) is 0.0270. The number of allylic oxidation sites excluding steroid dienone is 12. The number of carbonyl (C=O) groups is 2. The Bertz CT molecular complexity index is 1130. The minimum atomic E-state index is -4.40. The number of esters is 2. The van der Waals surface area contributed by atoms with Crippen molar-refractivity contribution in [3.63, 3.8) is 0 Å². The Labute approximate surface area is 335 Å². The lowest BCUT2D eigenvalue weighted by atomic mass is 10.1. The van der Waals surface area contributed by atoms with E-state index < -0.39 is 32.5 Å². The summed E-state index contributed by atoms with van der Waals surface area (Å²) in [5.41, 5.74) is 5.34. The van der Waals surface area contributed by atoms with E-state index in [1.807, 2.05) is 6.08 Å². The van der Waals surface area contributed by atoms with Crippen LogP contribution in [0.15, 0.2) is 72.9 Å². The average molecular weight is 792 g/mol. The third-order valence-corrected chi connectivity index (χ3v) is 9.55. The second-order valence-electron chi connectivity index (χ2n) is 13.8. The molecule has 10 heteroatoms.